The van der Waals surface area contributed by atoms with Gasteiger partial charge in [0.05, 0.1) is 5.56 Å². The van der Waals surface area contributed by atoms with Gasteiger partial charge in [-0.3, -0.25) is 5.41 Å². The minimum absolute atomic E-state index is 0.0629. The second-order valence-corrected chi connectivity index (χ2v) is 3.97. The lowest BCUT2D eigenvalue weighted by molar-refractivity contribution is 0.479. The molecule has 92 valence electrons. The average molecular weight is 244 g/mol. The fraction of sp³-hybridized carbons (Fsp3) is 0.0714. The van der Waals surface area contributed by atoms with E-state index in [4.69, 9.17) is 15.9 Å². The molecule has 2 rings (SSSR count). The van der Waals surface area contributed by atoms with Gasteiger partial charge in [-0.25, -0.2) is 4.39 Å². The van der Waals surface area contributed by atoms with Crippen LogP contribution in [-0.4, -0.2) is 5.84 Å². The first kappa shape index (κ1) is 12.1. The number of rotatable bonds is 3. The van der Waals surface area contributed by atoms with Gasteiger partial charge >= 0.3 is 0 Å². The van der Waals surface area contributed by atoms with Gasteiger partial charge < -0.3 is 10.5 Å². The third-order valence-electron chi connectivity index (χ3n) is 2.47. The van der Waals surface area contributed by atoms with E-state index in [9.17, 15) is 4.39 Å². The molecule has 0 aromatic heterocycles. The summed E-state index contributed by atoms with van der Waals surface area (Å²) >= 11 is 0. The van der Waals surface area contributed by atoms with E-state index in [1.54, 1.807) is 12.1 Å². The number of amidine groups is 1. The zero-order valence-electron chi connectivity index (χ0n) is 9.91. The first-order valence-corrected chi connectivity index (χ1v) is 5.45. The van der Waals surface area contributed by atoms with Crippen LogP contribution in [0.4, 0.5) is 4.39 Å². The molecule has 3 N–H and O–H groups in total. The Morgan fingerprint density at radius 3 is 2.44 bits per heavy atom. The summed E-state index contributed by atoms with van der Waals surface area (Å²) in [4.78, 5) is 0. The van der Waals surface area contributed by atoms with Gasteiger partial charge in [0, 0.05) is 0 Å². The lowest BCUT2D eigenvalue weighted by Gasteiger charge is -2.11. The van der Waals surface area contributed by atoms with Gasteiger partial charge in [0.2, 0.25) is 0 Å². The number of nitrogens with two attached hydrogens (primary N) is 1. The fourth-order valence-corrected chi connectivity index (χ4v) is 1.57. The van der Waals surface area contributed by atoms with Crippen LogP contribution in [0.15, 0.2) is 42.5 Å². The van der Waals surface area contributed by atoms with Gasteiger partial charge in [-0.1, -0.05) is 6.07 Å². The Labute approximate surface area is 105 Å². The summed E-state index contributed by atoms with van der Waals surface area (Å²) in [6, 6.07) is 11.1. The molecule has 2 aromatic rings. The van der Waals surface area contributed by atoms with E-state index < -0.39 is 0 Å². The van der Waals surface area contributed by atoms with Gasteiger partial charge in [0.25, 0.3) is 0 Å². The quantitative estimate of drug-likeness (QED) is 0.643. The molecule has 0 fully saturated rings. The predicted molar refractivity (Wildman–Crippen MR) is 68.7 cm³/mol. The Morgan fingerprint density at radius 2 is 1.83 bits per heavy atom. The summed E-state index contributed by atoms with van der Waals surface area (Å²) in [6.45, 7) is 1.92. The van der Waals surface area contributed by atoms with Crippen molar-refractivity contribution >= 4 is 5.84 Å². The Hall–Kier alpha value is -2.36. The fourth-order valence-electron chi connectivity index (χ4n) is 1.57. The molecule has 2 aromatic carbocycles. The summed E-state index contributed by atoms with van der Waals surface area (Å²) in [6.07, 6.45) is 0. The van der Waals surface area contributed by atoms with E-state index >= 15 is 0 Å². The largest absolute Gasteiger partial charge is 0.457 e. The molecule has 4 heteroatoms. The summed E-state index contributed by atoms with van der Waals surface area (Å²) in [5, 5.41) is 7.48. The van der Waals surface area contributed by atoms with E-state index in [-0.39, 0.29) is 11.7 Å². The van der Waals surface area contributed by atoms with E-state index in [0.29, 0.717) is 17.1 Å². The van der Waals surface area contributed by atoms with Crippen molar-refractivity contribution in [3.63, 3.8) is 0 Å². The molecule has 0 heterocycles. The van der Waals surface area contributed by atoms with Crippen LogP contribution in [0.1, 0.15) is 11.1 Å². The Balaban J connectivity index is 2.35. The first-order valence-electron chi connectivity index (χ1n) is 5.45. The molecule has 0 atom stereocenters. The minimum atomic E-state index is -0.321. The van der Waals surface area contributed by atoms with Crippen LogP contribution < -0.4 is 10.5 Å². The van der Waals surface area contributed by atoms with Crippen LogP contribution >= 0.6 is 0 Å². The van der Waals surface area contributed by atoms with E-state index in [1.807, 2.05) is 13.0 Å². The van der Waals surface area contributed by atoms with Crippen molar-refractivity contribution in [2.45, 2.75) is 6.92 Å². The highest BCUT2D eigenvalue weighted by Gasteiger charge is 2.08. The molecule has 0 aliphatic carbocycles. The van der Waals surface area contributed by atoms with Gasteiger partial charge in [-0.15, -0.1) is 0 Å². The van der Waals surface area contributed by atoms with E-state index in [0.717, 1.165) is 5.56 Å². The minimum Gasteiger partial charge on any atom is -0.457 e. The highest BCUT2D eigenvalue weighted by molar-refractivity contribution is 5.97. The van der Waals surface area contributed by atoms with Crippen LogP contribution in [-0.2, 0) is 0 Å². The summed E-state index contributed by atoms with van der Waals surface area (Å²) in [7, 11) is 0. The molecule has 0 radical (unpaired) electrons. The number of benzene rings is 2. The lowest BCUT2D eigenvalue weighted by atomic mass is 10.1. The van der Waals surface area contributed by atoms with Crippen molar-refractivity contribution in [3.05, 3.63) is 59.4 Å². The molecule has 0 saturated heterocycles. The summed E-state index contributed by atoms with van der Waals surface area (Å²) in [5.74, 6) is 0.615. The maximum atomic E-state index is 12.8. The Bertz CT molecular complexity index is 579. The van der Waals surface area contributed by atoms with Crippen LogP contribution in [0.25, 0.3) is 0 Å². The molecule has 3 nitrogen and oxygen atoms in total. The normalized spacial score (nSPS) is 10.1. The lowest BCUT2D eigenvalue weighted by Crippen LogP contribution is -2.12. The number of halogens is 1. The first-order chi connectivity index (χ1) is 8.56. The Kier molecular flexibility index (Phi) is 3.28. The van der Waals surface area contributed by atoms with Crippen molar-refractivity contribution in [2.75, 3.05) is 0 Å². The average Bonchev–Trinajstić information content (AvgIpc) is 2.32. The van der Waals surface area contributed by atoms with Crippen molar-refractivity contribution in [3.8, 4) is 11.5 Å². The zero-order chi connectivity index (χ0) is 13.1. The monoisotopic (exact) mass is 244 g/mol. The molecular formula is C14H13FN2O. The van der Waals surface area contributed by atoms with Crippen LogP contribution in [0, 0.1) is 18.2 Å². The molecule has 0 bridgehead atoms. The number of aryl methyl sites for hydroxylation is 1. The molecule has 0 aliphatic heterocycles. The van der Waals surface area contributed by atoms with E-state index in [2.05, 4.69) is 0 Å². The number of nitrogens with one attached hydrogen (secondary N) is 1. The SMILES string of the molecule is Cc1ccc(C(=N)N)c(Oc2ccc(F)cc2)c1. The summed E-state index contributed by atoms with van der Waals surface area (Å²) in [5.41, 5.74) is 7.00. The highest BCUT2D eigenvalue weighted by atomic mass is 19.1. The zero-order valence-corrected chi connectivity index (χ0v) is 9.91. The molecule has 0 amide bonds. The van der Waals surface area contributed by atoms with Crippen molar-refractivity contribution in [2.24, 2.45) is 5.73 Å². The molecule has 0 spiro atoms. The van der Waals surface area contributed by atoms with Gasteiger partial charge in [0.1, 0.15) is 23.2 Å². The van der Waals surface area contributed by atoms with Crippen LogP contribution in [0.5, 0.6) is 11.5 Å². The molecule has 0 unspecified atom stereocenters. The van der Waals surface area contributed by atoms with Gasteiger partial charge in [-0.2, -0.15) is 0 Å². The summed E-state index contributed by atoms with van der Waals surface area (Å²) < 4.78 is 18.4. The maximum Gasteiger partial charge on any atom is 0.138 e. The van der Waals surface area contributed by atoms with Crippen LogP contribution in [0.3, 0.4) is 0 Å². The third kappa shape index (κ3) is 2.66. The standard InChI is InChI=1S/C14H13FN2O/c1-9-2-7-12(14(16)17)13(8-9)18-11-5-3-10(15)4-6-11/h2-8H,1H3,(H3,16,17). The van der Waals surface area contributed by atoms with E-state index in [1.165, 1.54) is 24.3 Å². The molecular weight excluding hydrogens is 231 g/mol. The van der Waals surface area contributed by atoms with Crippen molar-refractivity contribution in [1.82, 2.24) is 0 Å². The number of hydrogen-bond donors (Lipinski definition) is 2. The van der Waals surface area contributed by atoms with Gasteiger partial charge in [0.15, 0.2) is 0 Å². The molecule has 0 aliphatic rings. The van der Waals surface area contributed by atoms with Crippen LogP contribution in [0.2, 0.25) is 0 Å². The predicted octanol–water partition coefficient (Wildman–Crippen LogP) is 3.21. The topological polar surface area (TPSA) is 59.1 Å². The molecule has 18 heavy (non-hydrogen) atoms. The number of hydrogen-bond acceptors (Lipinski definition) is 2. The Morgan fingerprint density at radius 1 is 1.17 bits per heavy atom. The highest BCUT2D eigenvalue weighted by Crippen LogP contribution is 2.26. The smallest absolute Gasteiger partial charge is 0.138 e. The second-order valence-electron chi connectivity index (χ2n) is 3.97. The molecule has 0 saturated carbocycles. The van der Waals surface area contributed by atoms with Crippen molar-refractivity contribution in [1.29, 1.82) is 5.41 Å². The third-order valence-corrected chi connectivity index (χ3v) is 2.47. The van der Waals surface area contributed by atoms with Crippen molar-refractivity contribution < 1.29 is 9.13 Å². The number of ether oxygens (including phenoxy) is 1. The van der Waals surface area contributed by atoms with Gasteiger partial charge in [-0.05, 0) is 48.9 Å². The second kappa shape index (κ2) is 4.87. The maximum absolute atomic E-state index is 12.8. The number of nitrogen functional groups attached to an aromatic ring is 1.